The number of phenolic OH excluding ortho intramolecular Hbond substituents is 2. The molecule has 0 aliphatic rings. The molecule has 22 heavy (non-hydrogen) atoms. The maximum atomic E-state index is 11.4. The Morgan fingerprint density at radius 2 is 1.82 bits per heavy atom. The summed E-state index contributed by atoms with van der Waals surface area (Å²) in [5, 5.41) is 19.5. The van der Waals surface area contributed by atoms with Gasteiger partial charge < -0.3 is 19.7 Å². The highest BCUT2D eigenvalue weighted by molar-refractivity contribution is 6.14. The number of hydrogen-bond acceptors (Lipinski definition) is 5. The maximum absolute atomic E-state index is 11.4. The van der Waals surface area contributed by atoms with Crippen LogP contribution in [0.25, 0.3) is 11.6 Å². The van der Waals surface area contributed by atoms with Crippen molar-refractivity contribution in [2.24, 2.45) is 0 Å². The molecule has 0 amide bonds. The summed E-state index contributed by atoms with van der Waals surface area (Å²) in [6.45, 7) is 0. The fraction of sp³-hybridized carbons (Fsp3) is 0.118. The van der Waals surface area contributed by atoms with E-state index in [1.807, 2.05) is 0 Å². The lowest BCUT2D eigenvalue weighted by atomic mass is 10.0. The average Bonchev–Trinajstić information content (AvgIpc) is 2.53. The van der Waals surface area contributed by atoms with Gasteiger partial charge in [0.05, 0.1) is 14.2 Å². The minimum absolute atomic E-state index is 0.0598. The number of carbonyl (C=O) groups is 1. The summed E-state index contributed by atoms with van der Waals surface area (Å²) in [6.07, 6.45) is 2.22. The van der Waals surface area contributed by atoms with Crippen LogP contribution in [-0.2, 0) is 4.79 Å². The lowest BCUT2D eigenvalue weighted by Gasteiger charge is -2.09. The van der Waals surface area contributed by atoms with E-state index in [1.165, 1.54) is 32.4 Å². The number of allylic oxidation sites excluding steroid dienone is 1. The minimum Gasteiger partial charge on any atom is -0.508 e. The van der Waals surface area contributed by atoms with E-state index in [2.05, 4.69) is 0 Å². The molecule has 5 nitrogen and oxygen atoms in total. The average molecular weight is 300 g/mol. The second-order valence-corrected chi connectivity index (χ2v) is 4.53. The Kier molecular flexibility index (Phi) is 4.68. The Morgan fingerprint density at radius 1 is 1.05 bits per heavy atom. The fourth-order valence-electron chi connectivity index (χ4n) is 2.04. The van der Waals surface area contributed by atoms with Gasteiger partial charge in [0.25, 0.3) is 0 Å². The first-order valence-corrected chi connectivity index (χ1v) is 6.50. The second kappa shape index (κ2) is 6.67. The summed E-state index contributed by atoms with van der Waals surface area (Å²) >= 11 is 0. The van der Waals surface area contributed by atoms with Crippen LogP contribution in [0.4, 0.5) is 0 Å². The second-order valence-electron chi connectivity index (χ2n) is 4.53. The molecule has 0 atom stereocenters. The topological polar surface area (TPSA) is 76.0 Å². The van der Waals surface area contributed by atoms with Crippen LogP contribution >= 0.6 is 0 Å². The molecule has 2 rings (SSSR count). The number of aromatic hydroxyl groups is 2. The van der Waals surface area contributed by atoms with Gasteiger partial charge in [-0.2, -0.15) is 0 Å². The Bertz CT molecular complexity index is 719. The molecule has 0 unspecified atom stereocenters. The largest absolute Gasteiger partial charge is 0.508 e. The van der Waals surface area contributed by atoms with Crippen LogP contribution in [0.2, 0.25) is 0 Å². The van der Waals surface area contributed by atoms with E-state index in [4.69, 9.17) is 9.47 Å². The zero-order valence-corrected chi connectivity index (χ0v) is 12.2. The molecule has 0 heterocycles. The summed E-state index contributed by atoms with van der Waals surface area (Å²) in [6, 6.07) is 9.24. The smallest absolute Gasteiger partial charge is 0.150 e. The molecule has 0 spiro atoms. The van der Waals surface area contributed by atoms with Crippen LogP contribution < -0.4 is 9.47 Å². The van der Waals surface area contributed by atoms with Crippen molar-refractivity contribution in [3.63, 3.8) is 0 Å². The van der Waals surface area contributed by atoms with Gasteiger partial charge in [-0.15, -0.1) is 0 Å². The third-order valence-electron chi connectivity index (χ3n) is 3.17. The Morgan fingerprint density at radius 3 is 2.41 bits per heavy atom. The van der Waals surface area contributed by atoms with Gasteiger partial charge in [-0.05, 0) is 30.3 Å². The highest BCUT2D eigenvalue weighted by atomic mass is 16.5. The number of rotatable bonds is 5. The zero-order chi connectivity index (χ0) is 16.1. The van der Waals surface area contributed by atoms with Crippen molar-refractivity contribution >= 4 is 17.9 Å². The molecule has 0 saturated heterocycles. The van der Waals surface area contributed by atoms with E-state index in [9.17, 15) is 15.0 Å². The first-order valence-electron chi connectivity index (χ1n) is 6.50. The summed E-state index contributed by atoms with van der Waals surface area (Å²) < 4.78 is 10.2. The van der Waals surface area contributed by atoms with E-state index in [0.29, 0.717) is 28.9 Å². The van der Waals surface area contributed by atoms with E-state index >= 15 is 0 Å². The number of hydrogen-bond donors (Lipinski definition) is 2. The monoisotopic (exact) mass is 300 g/mol. The van der Waals surface area contributed by atoms with Gasteiger partial charge in [0.1, 0.15) is 23.0 Å². The predicted molar refractivity (Wildman–Crippen MR) is 83.3 cm³/mol. The zero-order valence-electron chi connectivity index (χ0n) is 12.2. The van der Waals surface area contributed by atoms with Gasteiger partial charge in [-0.3, -0.25) is 4.79 Å². The molecule has 0 aromatic heterocycles. The first kappa shape index (κ1) is 15.4. The Balaban J connectivity index is 2.50. The van der Waals surface area contributed by atoms with E-state index in [1.54, 1.807) is 24.3 Å². The van der Waals surface area contributed by atoms with Crippen molar-refractivity contribution in [1.82, 2.24) is 0 Å². The van der Waals surface area contributed by atoms with Gasteiger partial charge >= 0.3 is 0 Å². The highest BCUT2D eigenvalue weighted by Crippen LogP contribution is 2.32. The summed E-state index contributed by atoms with van der Waals surface area (Å²) in [4.78, 5) is 11.4. The summed E-state index contributed by atoms with van der Waals surface area (Å²) in [7, 11) is 2.96. The molecule has 0 bridgehead atoms. The van der Waals surface area contributed by atoms with Crippen molar-refractivity contribution < 1.29 is 24.5 Å². The highest BCUT2D eigenvalue weighted by Gasteiger charge is 2.10. The van der Waals surface area contributed by atoms with Crippen LogP contribution in [0.5, 0.6) is 23.0 Å². The fourth-order valence-corrected chi connectivity index (χ4v) is 2.04. The molecule has 114 valence electrons. The van der Waals surface area contributed by atoms with Crippen LogP contribution in [-0.4, -0.2) is 30.7 Å². The molecule has 0 aliphatic carbocycles. The van der Waals surface area contributed by atoms with E-state index in [-0.39, 0.29) is 17.1 Å². The number of aldehydes is 1. The van der Waals surface area contributed by atoms with Gasteiger partial charge in [0.15, 0.2) is 6.29 Å². The van der Waals surface area contributed by atoms with Gasteiger partial charge in [-0.25, -0.2) is 0 Å². The van der Waals surface area contributed by atoms with E-state index in [0.717, 1.165) is 0 Å². The molecule has 5 heteroatoms. The molecule has 2 aromatic rings. The third kappa shape index (κ3) is 3.20. The van der Waals surface area contributed by atoms with Crippen molar-refractivity contribution in [2.45, 2.75) is 0 Å². The predicted octanol–water partition coefficient (Wildman–Crippen LogP) is 2.85. The molecular weight excluding hydrogens is 284 g/mol. The van der Waals surface area contributed by atoms with Crippen LogP contribution in [0.1, 0.15) is 11.1 Å². The Hall–Kier alpha value is -2.95. The van der Waals surface area contributed by atoms with Crippen molar-refractivity contribution in [2.75, 3.05) is 14.2 Å². The summed E-state index contributed by atoms with van der Waals surface area (Å²) in [5.41, 5.74) is 1.27. The SMILES string of the molecule is COc1ccc(/C(C=O)=C\c2ccc(O)cc2OC)c(O)c1. The molecule has 0 aliphatic heterocycles. The molecule has 0 fully saturated rings. The first-order chi connectivity index (χ1) is 10.6. The third-order valence-corrected chi connectivity index (χ3v) is 3.17. The van der Waals surface area contributed by atoms with Crippen LogP contribution in [0.15, 0.2) is 36.4 Å². The normalized spacial score (nSPS) is 11.1. The number of ether oxygens (including phenoxy) is 2. The summed E-state index contributed by atoms with van der Waals surface area (Å²) in [5.74, 6) is 0.922. The van der Waals surface area contributed by atoms with E-state index < -0.39 is 0 Å². The molecule has 2 N–H and O–H groups in total. The number of phenols is 2. The molecule has 2 aromatic carbocycles. The van der Waals surface area contributed by atoms with Gasteiger partial charge in [0.2, 0.25) is 0 Å². The molecule has 0 radical (unpaired) electrons. The Labute approximate surface area is 128 Å². The van der Waals surface area contributed by atoms with Crippen molar-refractivity contribution in [3.8, 4) is 23.0 Å². The lowest BCUT2D eigenvalue weighted by Crippen LogP contribution is -1.91. The minimum atomic E-state index is -0.0598. The van der Waals surface area contributed by atoms with Gasteiger partial charge in [0, 0.05) is 28.8 Å². The quantitative estimate of drug-likeness (QED) is 0.504. The number of methoxy groups -OCH3 is 2. The van der Waals surface area contributed by atoms with Crippen LogP contribution in [0, 0.1) is 0 Å². The lowest BCUT2D eigenvalue weighted by molar-refractivity contribution is -0.103. The van der Waals surface area contributed by atoms with Crippen molar-refractivity contribution in [3.05, 3.63) is 47.5 Å². The molecule has 0 saturated carbocycles. The molecular formula is C17H16O5. The maximum Gasteiger partial charge on any atom is 0.150 e. The number of benzene rings is 2. The van der Waals surface area contributed by atoms with Crippen molar-refractivity contribution in [1.29, 1.82) is 0 Å². The van der Waals surface area contributed by atoms with Gasteiger partial charge in [-0.1, -0.05) is 0 Å². The standard InChI is InChI=1S/C17H16O5/c1-21-14-5-6-15(16(20)9-14)12(10-18)7-11-3-4-13(19)8-17(11)22-2/h3-10,19-20H,1-2H3/b12-7-. The number of carbonyl (C=O) groups excluding carboxylic acids is 1. The van der Waals surface area contributed by atoms with Crippen LogP contribution in [0.3, 0.4) is 0 Å².